The molecule has 0 amide bonds. The first-order chi connectivity index (χ1) is 7.92. The second-order valence-electron chi connectivity index (χ2n) is 5.11. The van der Waals surface area contributed by atoms with Crippen molar-refractivity contribution in [1.82, 2.24) is 0 Å². The molecule has 90 valence electrons. The molecule has 0 atom stereocenters. The normalized spacial score (nSPS) is 10.4. The first-order valence-corrected chi connectivity index (χ1v) is 9.30. The molecule has 0 saturated heterocycles. The lowest BCUT2D eigenvalue weighted by Crippen LogP contribution is -2.17. The number of hydrogen-bond donors (Lipinski definition) is 0. The van der Waals surface area contributed by atoms with Crippen molar-refractivity contribution in [1.29, 1.82) is 0 Å². The van der Waals surface area contributed by atoms with Gasteiger partial charge in [-0.2, -0.15) is 0 Å². The summed E-state index contributed by atoms with van der Waals surface area (Å²) in [5.74, 6) is 6.00. The summed E-state index contributed by atoms with van der Waals surface area (Å²) < 4.78 is 4.63. The van der Waals surface area contributed by atoms with E-state index in [1.807, 2.05) is 12.1 Å². The van der Waals surface area contributed by atoms with Crippen LogP contribution in [0, 0.1) is 11.8 Å². The zero-order chi connectivity index (χ0) is 12.9. The minimum absolute atomic E-state index is 0.313. The summed E-state index contributed by atoms with van der Waals surface area (Å²) in [5, 5.41) is 0. The molecule has 0 aliphatic heterocycles. The lowest BCUT2D eigenvalue weighted by atomic mass is 10.1. The van der Waals surface area contributed by atoms with Crippen LogP contribution < -0.4 is 0 Å². The third-order valence-corrected chi connectivity index (χ3v) is 3.39. The fourth-order valence-electron chi connectivity index (χ4n) is 1.22. The van der Waals surface area contributed by atoms with Crippen molar-refractivity contribution < 1.29 is 9.53 Å². The first kappa shape index (κ1) is 13.5. The number of benzene rings is 1. The zero-order valence-electron chi connectivity index (χ0n) is 10.8. The molecule has 17 heavy (non-hydrogen) atoms. The summed E-state index contributed by atoms with van der Waals surface area (Å²) in [6.45, 7) is 6.88. The average molecular weight is 246 g/mol. The Labute approximate surface area is 104 Å². The number of esters is 1. The Kier molecular flexibility index (Phi) is 4.53. The highest BCUT2D eigenvalue weighted by atomic mass is 28.3. The smallest absolute Gasteiger partial charge is 0.337 e. The molecule has 0 radical (unpaired) electrons. The van der Waals surface area contributed by atoms with Gasteiger partial charge < -0.3 is 4.74 Å². The lowest BCUT2D eigenvalue weighted by Gasteiger charge is -2.09. The van der Waals surface area contributed by atoms with Crippen LogP contribution >= 0.6 is 0 Å². The second kappa shape index (κ2) is 5.69. The van der Waals surface area contributed by atoms with Crippen molar-refractivity contribution in [3.63, 3.8) is 0 Å². The zero-order valence-corrected chi connectivity index (χ0v) is 11.8. The molecule has 0 aliphatic carbocycles. The highest BCUT2D eigenvalue weighted by molar-refractivity contribution is 6.76. The molecule has 0 N–H and O–H groups in total. The Hall–Kier alpha value is -1.53. The van der Waals surface area contributed by atoms with Crippen molar-refractivity contribution in [2.75, 3.05) is 7.11 Å². The first-order valence-electron chi connectivity index (χ1n) is 5.59. The van der Waals surface area contributed by atoms with E-state index in [1.165, 1.54) is 7.11 Å². The van der Waals surface area contributed by atoms with Crippen molar-refractivity contribution >= 4 is 14.0 Å². The van der Waals surface area contributed by atoms with E-state index in [9.17, 15) is 4.79 Å². The van der Waals surface area contributed by atoms with Gasteiger partial charge in [0.1, 0.15) is 0 Å². The molecule has 0 saturated carbocycles. The van der Waals surface area contributed by atoms with Gasteiger partial charge in [0.15, 0.2) is 0 Å². The molecule has 0 heterocycles. The maximum atomic E-state index is 11.2. The van der Waals surface area contributed by atoms with Gasteiger partial charge in [0, 0.05) is 11.6 Å². The lowest BCUT2D eigenvalue weighted by molar-refractivity contribution is 0.0601. The molecule has 0 unspecified atom stereocenters. The van der Waals surface area contributed by atoms with Crippen LogP contribution in [0.4, 0.5) is 0 Å². The summed E-state index contributed by atoms with van der Waals surface area (Å²) >= 11 is 0. The van der Waals surface area contributed by atoms with Crippen LogP contribution in [-0.4, -0.2) is 21.2 Å². The van der Waals surface area contributed by atoms with Crippen LogP contribution in [0.5, 0.6) is 0 Å². The van der Waals surface area contributed by atoms with E-state index in [0.29, 0.717) is 5.56 Å². The largest absolute Gasteiger partial charge is 0.465 e. The molecule has 3 heteroatoms. The number of ether oxygens (including phenoxy) is 1. The summed E-state index contributed by atoms with van der Waals surface area (Å²) in [6, 6.07) is 8.17. The van der Waals surface area contributed by atoms with E-state index in [4.69, 9.17) is 0 Å². The van der Waals surface area contributed by atoms with Crippen LogP contribution in [0.2, 0.25) is 25.7 Å². The number of methoxy groups -OCH3 is 1. The van der Waals surface area contributed by atoms with Crippen molar-refractivity contribution in [2.24, 2.45) is 0 Å². The van der Waals surface area contributed by atoms with Crippen molar-refractivity contribution in [3.05, 3.63) is 35.4 Å². The Balaban J connectivity index is 2.72. The van der Waals surface area contributed by atoms with Gasteiger partial charge in [-0.15, -0.1) is 5.92 Å². The predicted octanol–water partition coefficient (Wildman–Crippen LogP) is 3.16. The van der Waals surface area contributed by atoms with E-state index in [-0.39, 0.29) is 5.97 Å². The van der Waals surface area contributed by atoms with Gasteiger partial charge in [-0.3, -0.25) is 0 Å². The molecule has 1 aromatic carbocycles. The van der Waals surface area contributed by atoms with Crippen LogP contribution in [0.3, 0.4) is 0 Å². The van der Waals surface area contributed by atoms with Crippen molar-refractivity contribution in [2.45, 2.75) is 25.7 Å². The average Bonchev–Trinajstić information content (AvgIpc) is 2.27. The van der Waals surface area contributed by atoms with Crippen LogP contribution in [0.15, 0.2) is 24.3 Å². The third-order valence-electron chi connectivity index (χ3n) is 2.16. The van der Waals surface area contributed by atoms with E-state index in [0.717, 1.165) is 11.6 Å². The van der Waals surface area contributed by atoms with Gasteiger partial charge in [-0.05, 0) is 24.3 Å². The van der Waals surface area contributed by atoms with E-state index in [1.54, 1.807) is 12.1 Å². The second-order valence-corrected chi connectivity index (χ2v) is 10.6. The molecule has 1 rings (SSSR count). The van der Waals surface area contributed by atoms with Gasteiger partial charge in [0.2, 0.25) is 0 Å². The van der Waals surface area contributed by atoms with E-state index >= 15 is 0 Å². The topological polar surface area (TPSA) is 26.3 Å². The predicted molar refractivity (Wildman–Crippen MR) is 72.8 cm³/mol. The van der Waals surface area contributed by atoms with Gasteiger partial charge in [0.25, 0.3) is 0 Å². The van der Waals surface area contributed by atoms with Gasteiger partial charge in [-0.25, -0.2) is 4.79 Å². The number of rotatable bonds is 2. The third kappa shape index (κ3) is 4.88. The minimum atomic E-state index is -1.09. The van der Waals surface area contributed by atoms with Crippen LogP contribution in [0.25, 0.3) is 0 Å². The minimum Gasteiger partial charge on any atom is -0.465 e. The molecule has 2 nitrogen and oxygen atoms in total. The van der Waals surface area contributed by atoms with Gasteiger partial charge in [0.05, 0.1) is 20.7 Å². The summed E-state index contributed by atoms with van der Waals surface area (Å²) in [4.78, 5) is 11.2. The fourth-order valence-corrected chi connectivity index (χ4v) is 1.84. The summed E-state index contributed by atoms with van der Waals surface area (Å²) in [5.41, 5.74) is 1.50. The molecule has 0 aliphatic rings. The molecule has 0 spiro atoms. The Morgan fingerprint density at radius 2 is 1.82 bits per heavy atom. The Morgan fingerprint density at radius 3 is 2.29 bits per heavy atom. The van der Waals surface area contributed by atoms with Gasteiger partial charge in [-0.1, -0.05) is 25.6 Å². The maximum absolute atomic E-state index is 11.2. The van der Waals surface area contributed by atoms with E-state index in [2.05, 4.69) is 36.2 Å². The van der Waals surface area contributed by atoms with Crippen LogP contribution in [-0.2, 0) is 4.74 Å². The number of carbonyl (C=O) groups excluding carboxylic acids is 1. The van der Waals surface area contributed by atoms with Crippen LogP contribution in [0.1, 0.15) is 15.9 Å². The Morgan fingerprint density at radius 1 is 1.24 bits per heavy atom. The Bertz CT molecular complexity index is 444. The van der Waals surface area contributed by atoms with Gasteiger partial charge >= 0.3 is 5.97 Å². The summed E-state index contributed by atoms with van der Waals surface area (Å²) in [6.07, 6.45) is 0. The van der Waals surface area contributed by atoms with Crippen molar-refractivity contribution in [3.8, 4) is 11.8 Å². The number of carbonyl (C=O) groups is 1. The molecule has 1 aromatic rings. The molecular weight excluding hydrogens is 228 g/mol. The van der Waals surface area contributed by atoms with E-state index < -0.39 is 8.07 Å². The standard InChI is InChI=1S/C14H18O2Si/c1-16-14(15)13-9-7-12(8-10-13)6-5-11-17(2,3)4/h7-10H,11H2,1-4H3. The molecule has 0 aromatic heterocycles. The highest BCUT2D eigenvalue weighted by Crippen LogP contribution is 2.07. The summed E-state index contributed by atoms with van der Waals surface area (Å²) in [7, 11) is 0.286. The molecule has 0 fully saturated rings. The highest BCUT2D eigenvalue weighted by Gasteiger charge is 2.09. The molecule has 0 bridgehead atoms. The quantitative estimate of drug-likeness (QED) is 0.455. The number of hydrogen-bond acceptors (Lipinski definition) is 2. The fraction of sp³-hybridized carbons (Fsp3) is 0.357. The monoisotopic (exact) mass is 246 g/mol. The maximum Gasteiger partial charge on any atom is 0.337 e. The molecular formula is C14H18O2Si. The SMILES string of the molecule is COC(=O)c1ccc(C#CC[Si](C)(C)C)cc1.